The zero-order valence-corrected chi connectivity index (χ0v) is 19.4. The van der Waals surface area contributed by atoms with Crippen LogP contribution >= 0.6 is 11.6 Å². The van der Waals surface area contributed by atoms with E-state index in [0.717, 1.165) is 19.3 Å². The van der Waals surface area contributed by atoms with Gasteiger partial charge in [-0.3, -0.25) is 9.59 Å². The molecule has 3 heterocycles. The number of halogens is 1. The number of piperidine rings is 1. The lowest BCUT2D eigenvalue weighted by atomic mass is 9.83. The number of benzene rings is 1. The van der Waals surface area contributed by atoms with Crippen LogP contribution in [0.5, 0.6) is 0 Å². The summed E-state index contributed by atoms with van der Waals surface area (Å²) >= 11 is 6.50. The SMILES string of the molecule is CC(=O)OC1(Cc2ccccc2C)CCN(c2cnn(C3CCCCO3)c(=O)c2Cl)CC1. The predicted octanol–water partition coefficient (Wildman–Crippen LogP) is 4.05. The predicted molar refractivity (Wildman–Crippen MR) is 123 cm³/mol. The Morgan fingerprint density at radius 2 is 2.03 bits per heavy atom. The van der Waals surface area contributed by atoms with Crippen molar-refractivity contribution in [3.63, 3.8) is 0 Å². The van der Waals surface area contributed by atoms with Gasteiger partial charge in [0.05, 0.1) is 11.9 Å². The van der Waals surface area contributed by atoms with E-state index in [0.29, 0.717) is 44.6 Å². The maximum atomic E-state index is 12.9. The average Bonchev–Trinajstić information content (AvgIpc) is 2.78. The molecule has 2 saturated heterocycles. The number of aromatic nitrogens is 2. The van der Waals surface area contributed by atoms with Crippen molar-refractivity contribution < 1.29 is 14.3 Å². The summed E-state index contributed by atoms with van der Waals surface area (Å²) < 4.78 is 12.9. The quantitative estimate of drug-likeness (QED) is 0.628. The second kappa shape index (κ2) is 9.63. The third-order valence-corrected chi connectivity index (χ3v) is 6.86. The maximum absolute atomic E-state index is 12.9. The number of esters is 1. The minimum absolute atomic E-state index is 0.160. The van der Waals surface area contributed by atoms with Crippen molar-refractivity contribution in [1.82, 2.24) is 9.78 Å². The number of hydrogen-bond acceptors (Lipinski definition) is 6. The van der Waals surface area contributed by atoms with E-state index in [9.17, 15) is 9.59 Å². The fourth-order valence-electron chi connectivity index (χ4n) is 4.71. The molecule has 2 aliphatic rings. The van der Waals surface area contributed by atoms with E-state index in [-0.39, 0.29) is 22.8 Å². The fourth-order valence-corrected chi connectivity index (χ4v) is 4.96. The average molecular weight is 460 g/mol. The van der Waals surface area contributed by atoms with Crippen molar-refractivity contribution in [3.05, 3.63) is 57.0 Å². The van der Waals surface area contributed by atoms with Crippen molar-refractivity contribution in [2.24, 2.45) is 0 Å². The fraction of sp³-hybridized carbons (Fsp3) is 0.542. The number of aryl methyl sites for hydroxylation is 1. The minimum atomic E-state index is -0.570. The summed E-state index contributed by atoms with van der Waals surface area (Å²) in [5.41, 5.74) is 2.09. The van der Waals surface area contributed by atoms with Gasteiger partial charge in [-0.05, 0) is 37.3 Å². The molecular weight excluding hydrogens is 430 g/mol. The van der Waals surface area contributed by atoms with Gasteiger partial charge >= 0.3 is 5.97 Å². The molecule has 2 aromatic rings. The van der Waals surface area contributed by atoms with Crippen molar-refractivity contribution in [2.45, 2.75) is 64.2 Å². The Balaban J connectivity index is 1.52. The molecule has 2 fully saturated rings. The van der Waals surface area contributed by atoms with Gasteiger partial charge in [0.1, 0.15) is 10.6 Å². The summed E-state index contributed by atoms with van der Waals surface area (Å²) in [4.78, 5) is 26.8. The molecule has 172 valence electrons. The van der Waals surface area contributed by atoms with Gasteiger partial charge in [-0.2, -0.15) is 9.78 Å². The largest absolute Gasteiger partial charge is 0.459 e. The normalized spacial score (nSPS) is 20.7. The highest BCUT2D eigenvalue weighted by Crippen LogP contribution is 2.35. The van der Waals surface area contributed by atoms with Crippen LogP contribution in [0.2, 0.25) is 5.02 Å². The molecule has 1 aromatic heterocycles. The molecule has 0 radical (unpaired) electrons. The lowest BCUT2D eigenvalue weighted by Gasteiger charge is -2.42. The van der Waals surface area contributed by atoms with Crippen LogP contribution in [-0.2, 0) is 20.7 Å². The van der Waals surface area contributed by atoms with Crippen LogP contribution in [-0.4, -0.2) is 41.0 Å². The van der Waals surface area contributed by atoms with Crippen LogP contribution in [0, 0.1) is 6.92 Å². The molecular formula is C24H30ClN3O4. The van der Waals surface area contributed by atoms with E-state index in [1.807, 2.05) is 12.1 Å². The molecule has 0 spiro atoms. The summed E-state index contributed by atoms with van der Waals surface area (Å²) in [5, 5.41) is 4.53. The van der Waals surface area contributed by atoms with Crippen molar-refractivity contribution in [1.29, 1.82) is 0 Å². The molecule has 1 atom stereocenters. The molecule has 0 N–H and O–H groups in total. The molecule has 0 bridgehead atoms. The third kappa shape index (κ3) is 4.84. The Morgan fingerprint density at radius 3 is 2.69 bits per heavy atom. The standard InChI is InChI=1S/C24H30ClN3O4/c1-17-7-3-4-8-19(17)15-24(32-18(2)29)10-12-27(13-11-24)20-16-26-28(23(30)22(20)25)21-9-5-6-14-31-21/h3-4,7-8,16,21H,5-6,9-15H2,1-2H3. The van der Waals surface area contributed by atoms with Crippen LogP contribution in [0.3, 0.4) is 0 Å². The van der Waals surface area contributed by atoms with E-state index in [2.05, 4.69) is 29.1 Å². The van der Waals surface area contributed by atoms with Gasteiger partial charge in [0.2, 0.25) is 0 Å². The van der Waals surface area contributed by atoms with Gasteiger partial charge < -0.3 is 14.4 Å². The van der Waals surface area contributed by atoms with Gasteiger partial charge in [-0.25, -0.2) is 0 Å². The number of nitrogens with zero attached hydrogens (tertiary/aromatic N) is 3. The van der Waals surface area contributed by atoms with Crippen molar-refractivity contribution >= 4 is 23.3 Å². The zero-order valence-electron chi connectivity index (χ0n) is 18.7. The van der Waals surface area contributed by atoms with Gasteiger partial charge in [-0.1, -0.05) is 35.9 Å². The number of ether oxygens (including phenoxy) is 2. The first-order valence-corrected chi connectivity index (χ1v) is 11.6. The van der Waals surface area contributed by atoms with E-state index >= 15 is 0 Å². The monoisotopic (exact) mass is 459 g/mol. The second-order valence-corrected chi connectivity index (χ2v) is 9.16. The summed E-state index contributed by atoms with van der Waals surface area (Å²) in [7, 11) is 0. The Hall–Kier alpha value is -2.38. The molecule has 32 heavy (non-hydrogen) atoms. The van der Waals surface area contributed by atoms with Crippen molar-refractivity contribution in [3.8, 4) is 0 Å². The third-order valence-electron chi connectivity index (χ3n) is 6.50. The molecule has 7 nitrogen and oxygen atoms in total. The van der Waals surface area contributed by atoms with E-state index in [1.165, 1.54) is 22.7 Å². The van der Waals surface area contributed by atoms with E-state index < -0.39 is 5.60 Å². The number of anilines is 1. The molecule has 1 unspecified atom stereocenters. The molecule has 0 aliphatic carbocycles. The van der Waals surface area contributed by atoms with Crippen LogP contribution in [0.25, 0.3) is 0 Å². The second-order valence-electron chi connectivity index (χ2n) is 8.78. The van der Waals surface area contributed by atoms with Crippen LogP contribution in [0.15, 0.2) is 35.3 Å². The minimum Gasteiger partial charge on any atom is -0.459 e. The summed E-state index contributed by atoms with van der Waals surface area (Å²) in [6.45, 7) is 5.39. The molecule has 2 aliphatic heterocycles. The number of hydrogen-bond donors (Lipinski definition) is 0. The molecule has 0 amide bonds. The van der Waals surface area contributed by atoms with Gasteiger partial charge in [0.25, 0.3) is 5.56 Å². The van der Waals surface area contributed by atoms with Crippen molar-refractivity contribution in [2.75, 3.05) is 24.6 Å². The van der Waals surface area contributed by atoms with Gasteiger partial charge in [-0.15, -0.1) is 0 Å². The summed E-state index contributed by atoms with van der Waals surface area (Å²) in [6.07, 6.45) is 6.02. The highest BCUT2D eigenvalue weighted by atomic mass is 35.5. The van der Waals surface area contributed by atoms with Gasteiger partial charge in [0, 0.05) is 45.9 Å². The van der Waals surface area contributed by atoms with E-state index in [1.54, 1.807) is 6.20 Å². The van der Waals surface area contributed by atoms with E-state index in [4.69, 9.17) is 21.1 Å². The number of rotatable bonds is 5. The van der Waals surface area contributed by atoms with Crippen LogP contribution in [0.4, 0.5) is 5.69 Å². The van der Waals surface area contributed by atoms with Crippen LogP contribution < -0.4 is 10.5 Å². The number of carbonyl (C=O) groups excluding carboxylic acids is 1. The number of carbonyl (C=O) groups is 1. The first-order chi connectivity index (χ1) is 15.4. The zero-order chi connectivity index (χ0) is 22.7. The first kappa shape index (κ1) is 22.8. The Kier molecular flexibility index (Phi) is 6.86. The molecule has 1 aromatic carbocycles. The summed E-state index contributed by atoms with van der Waals surface area (Å²) in [5.74, 6) is -0.276. The molecule has 0 saturated carbocycles. The maximum Gasteiger partial charge on any atom is 0.303 e. The van der Waals surface area contributed by atoms with Gasteiger partial charge in [0.15, 0.2) is 6.23 Å². The lowest BCUT2D eigenvalue weighted by Crippen LogP contribution is -2.49. The highest BCUT2D eigenvalue weighted by molar-refractivity contribution is 6.33. The smallest absolute Gasteiger partial charge is 0.303 e. The van der Waals surface area contributed by atoms with Crippen LogP contribution in [0.1, 0.15) is 56.4 Å². The Morgan fingerprint density at radius 1 is 1.28 bits per heavy atom. The topological polar surface area (TPSA) is 73.7 Å². The first-order valence-electron chi connectivity index (χ1n) is 11.3. The molecule has 8 heteroatoms. The highest BCUT2D eigenvalue weighted by Gasteiger charge is 2.39. The lowest BCUT2D eigenvalue weighted by molar-refractivity contribution is -0.159. The Bertz CT molecular complexity index is 1020. The molecule has 4 rings (SSSR count). The Labute approximate surface area is 193 Å². The summed E-state index contributed by atoms with van der Waals surface area (Å²) in [6, 6.07) is 8.17.